The van der Waals surface area contributed by atoms with Crippen molar-refractivity contribution in [2.75, 3.05) is 16.8 Å². The Morgan fingerprint density at radius 1 is 0.962 bits per heavy atom. The zero-order valence-corrected chi connectivity index (χ0v) is 14.4. The fraction of sp³-hybridized carbons (Fsp3) is 0.211. The van der Waals surface area contributed by atoms with Gasteiger partial charge in [-0.2, -0.15) is 0 Å². The lowest BCUT2D eigenvalue weighted by Gasteiger charge is -2.22. The van der Waals surface area contributed by atoms with Crippen LogP contribution in [0, 0.1) is 0 Å². The Morgan fingerprint density at radius 3 is 2.19 bits per heavy atom. The molecule has 0 unspecified atom stereocenters. The molecule has 0 aromatic heterocycles. The molecule has 2 aromatic rings. The lowest BCUT2D eigenvalue weighted by Crippen LogP contribution is -2.33. The average molecular weight is 355 g/mol. The monoisotopic (exact) mass is 355 g/mol. The Bertz CT molecular complexity index is 760. The molecule has 7 heteroatoms. The minimum absolute atomic E-state index is 0.0190. The van der Waals surface area contributed by atoms with E-state index in [1.807, 2.05) is 37.3 Å². The Kier molecular flexibility index (Phi) is 6.87. The maximum Gasteiger partial charge on any atom is 0.332 e. The first-order chi connectivity index (χ1) is 12.5. The lowest BCUT2D eigenvalue weighted by molar-refractivity contribution is -0.141. The first-order valence-corrected chi connectivity index (χ1v) is 8.25. The van der Waals surface area contributed by atoms with E-state index in [0.29, 0.717) is 12.2 Å². The third-order valence-electron chi connectivity index (χ3n) is 3.69. The number of hydrogen-bond donors (Lipinski definition) is 3. The largest absolute Gasteiger partial charge is 0.332 e. The molecule has 0 saturated carbocycles. The summed E-state index contributed by atoms with van der Waals surface area (Å²) in [4.78, 5) is 36.8. The quantitative estimate of drug-likeness (QED) is 0.420. The minimum Gasteiger partial charge on any atom is -0.318 e. The van der Waals surface area contributed by atoms with E-state index in [0.717, 1.165) is 17.7 Å². The smallest absolute Gasteiger partial charge is 0.318 e. The summed E-state index contributed by atoms with van der Waals surface area (Å²) in [6.07, 6.45) is 1.07. The second-order valence-corrected chi connectivity index (χ2v) is 5.65. The van der Waals surface area contributed by atoms with E-state index in [1.54, 1.807) is 29.2 Å². The summed E-state index contributed by atoms with van der Waals surface area (Å²) in [7, 11) is 0. The Labute approximate surface area is 151 Å². The van der Waals surface area contributed by atoms with Crippen LogP contribution in [-0.2, 0) is 20.8 Å². The van der Waals surface area contributed by atoms with Crippen LogP contribution < -0.4 is 15.7 Å². The molecule has 0 radical (unpaired) electrons. The van der Waals surface area contributed by atoms with Crippen molar-refractivity contribution in [1.82, 2.24) is 5.48 Å². The number of para-hydroxylation sites is 1. The van der Waals surface area contributed by atoms with Gasteiger partial charge < -0.3 is 10.2 Å². The molecule has 3 N–H and O–H groups in total. The van der Waals surface area contributed by atoms with E-state index in [-0.39, 0.29) is 12.3 Å². The number of carbonyl (C=O) groups is 3. The minimum atomic E-state index is -1.15. The number of rotatable bonds is 6. The first-order valence-electron chi connectivity index (χ1n) is 8.25. The molecule has 136 valence electrons. The van der Waals surface area contributed by atoms with Crippen molar-refractivity contribution in [3.63, 3.8) is 0 Å². The maximum absolute atomic E-state index is 12.7. The number of hydrogen-bond acceptors (Lipinski definition) is 4. The Balaban J connectivity index is 2.04. The molecule has 26 heavy (non-hydrogen) atoms. The molecule has 0 fully saturated rings. The van der Waals surface area contributed by atoms with Gasteiger partial charge in [-0.15, -0.1) is 0 Å². The van der Waals surface area contributed by atoms with E-state index >= 15 is 0 Å². The van der Waals surface area contributed by atoms with E-state index in [9.17, 15) is 14.4 Å². The molecule has 2 aromatic carbocycles. The number of carbonyl (C=O) groups excluding carboxylic acids is 3. The second kappa shape index (κ2) is 9.33. The van der Waals surface area contributed by atoms with Gasteiger partial charge in [0.2, 0.25) is 5.91 Å². The topological polar surface area (TPSA) is 98.7 Å². The van der Waals surface area contributed by atoms with Crippen molar-refractivity contribution in [1.29, 1.82) is 0 Å². The number of amides is 3. The SMILES string of the molecule is CCCN(C(=O)Cc1ccc(NC(=O)C(=O)NO)cc1)c1ccccc1. The number of hydroxylamine groups is 1. The molecular weight excluding hydrogens is 334 g/mol. The van der Waals surface area contributed by atoms with Gasteiger partial charge in [-0.1, -0.05) is 37.3 Å². The molecule has 2 rings (SSSR count). The summed E-state index contributed by atoms with van der Waals surface area (Å²) >= 11 is 0. The van der Waals surface area contributed by atoms with Crippen molar-refractivity contribution in [2.45, 2.75) is 19.8 Å². The maximum atomic E-state index is 12.7. The van der Waals surface area contributed by atoms with Crippen molar-refractivity contribution in [3.8, 4) is 0 Å². The van der Waals surface area contributed by atoms with Crippen LogP contribution in [0.5, 0.6) is 0 Å². The number of nitrogens with zero attached hydrogens (tertiary/aromatic N) is 1. The molecule has 0 spiro atoms. The van der Waals surface area contributed by atoms with Gasteiger partial charge in [0, 0.05) is 17.9 Å². The molecule has 0 aliphatic heterocycles. The number of benzene rings is 2. The average Bonchev–Trinajstić information content (AvgIpc) is 2.67. The van der Waals surface area contributed by atoms with Crippen LogP contribution in [0.25, 0.3) is 0 Å². The Morgan fingerprint density at radius 2 is 1.62 bits per heavy atom. The normalized spacial score (nSPS) is 10.1. The second-order valence-electron chi connectivity index (χ2n) is 5.65. The molecule has 0 heterocycles. The molecule has 0 bridgehead atoms. The summed E-state index contributed by atoms with van der Waals surface area (Å²) in [5.74, 6) is -2.15. The van der Waals surface area contributed by atoms with Crippen LogP contribution in [0.4, 0.5) is 11.4 Å². The molecular formula is C19H21N3O4. The van der Waals surface area contributed by atoms with Crippen molar-refractivity contribution < 1.29 is 19.6 Å². The highest BCUT2D eigenvalue weighted by Gasteiger charge is 2.16. The summed E-state index contributed by atoms with van der Waals surface area (Å²) in [5, 5.41) is 10.7. The summed E-state index contributed by atoms with van der Waals surface area (Å²) < 4.78 is 0. The van der Waals surface area contributed by atoms with Gasteiger partial charge in [0.15, 0.2) is 0 Å². The van der Waals surface area contributed by atoms with Gasteiger partial charge in [-0.05, 0) is 36.2 Å². The van der Waals surface area contributed by atoms with E-state index in [2.05, 4.69) is 5.32 Å². The van der Waals surface area contributed by atoms with Crippen LogP contribution in [-0.4, -0.2) is 29.5 Å². The van der Waals surface area contributed by atoms with Crippen LogP contribution in [0.3, 0.4) is 0 Å². The first kappa shape index (κ1) is 19.1. The third-order valence-corrected chi connectivity index (χ3v) is 3.69. The number of nitrogens with one attached hydrogen (secondary N) is 2. The zero-order chi connectivity index (χ0) is 18.9. The van der Waals surface area contributed by atoms with Gasteiger partial charge in [-0.25, -0.2) is 5.48 Å². The molecule has 0 aliphatic carbocycles. The van der Waals surface area contributed by atoms with Crippen molar-refractivity contribution in [2.24, 2.45) is 0 Å². The number of anilines is 2. The molecule has 7 nitrogen and oxygen atoms in total. The van der Waals surface area contributed by atoms with Crippen LogP contribution in [0.1, 0.15) is 18.9 Å². The van der Waals surface area contributed by atoms with Gasteiger partial charge in [0.05, 0.1) is 6.42 Å². The van der Waals surface area contributed by atoms with Crippen LogP contribution in [0.2, 0.25) is 0 Å². The molecule has 0 atom stereocenters. The van der Waals surface area contributed by atoms with E-state index in [1.165, 1.54) is 5.48 Å². The standard InChI is InChI=1S/C19H21N3O4/c1-2-12-22(16-6-4-3-5-7-16)17(23)13-14-8-10-15(11-9-14)20-18(24)19(25)21-26/h3-11,26H,2,12-13H2,1H3,(H,20,24)(H,21,25). The highest BCUT2D eigenvalue weighted by atomic mass is 16.5. The highest BCUT2D eigenvalue weighted by molar-refractivity contribution is 6.39. The molecule has 3 amide bonds. The fourth-order valence-corrected chi connectivity index (χ4v) is 2.44. The van der Waals surface area contributed by atoms with E-state index < -0.39 is 11.8 Å². The Hall–Kier alpha value is -3.19. The zero-order valence-electron chi connectivity index (χ0n) is 14.4. The van der Waals surface area contributed by atoms with E-state index in [4.69, 9.17) is 5.21 Å². The summed E-state index contributed by atoms with van der Waals surface area (Å²) in [6, 6.07) is 16.1. The summed E-state index contributed by atoms with van der Waals surface area (Å²) in [6.45, 7) is 2.65. The van der Waals surface area contributed by atoms with Crippen LogP contribution in [0.15, 0.2) is 54.6 Å². The van der Waals surface area contributed by atoms with Crippen molar-refractivity contribution in [3.05, 3.63) is 60.2 Å². The van der Waals surface area contributed by atoms with Gasteiger partial charge in [0.1, 0.15) is 0 Å². The van der Waals surface area contributed by atoms with Gasteiger partial charge in [-0.3, -0.25) is 19.6 Å². The third kappa shape index (κ3) is 5.15. The predicted octanol–water partition coefficient (Wildman–Crippen LogP) is 2.12. The van der Waals surface area contributed by atoms with Crippen molar-refractivity contribution >= 4 is 29.1 Å². The predicted molar refractivity (Wildman–Crippen MR) is 97.8 cm³/mol. The highest BCUT2D eigenvalue weighted by Crippen LogP contribution is 2.17. The van der Waals surface area contributed by atoms with Gasteiger partial charge in [0.25, 0.3) is 0 Å². The van der Waals surface area contributed by atoms with Gasteiger partial charge >= 0.3 is 11.8 Å². The summed E-state index contributed by atoms with van der Waals surface area (Å²) in [5.41, 5.74) is 3.30. The lowest BCUT2D eigenvalue weighted by atomic mass is 10.1. The molecule has 0 aliphatic rings. The molecule has 0 saturated heterocycles. The van der Waals surface area contributed by atoms with Crippen LogP contribution >= 0.6 is 0 Å². The fourth-order valence-electron chi connectivity index (χ4n) is 2.44.